The number of carbonyl (C=O) groups is 1. The van der Waals surface area contributed by atoms with Crippen LogP contribution >= 0.6 is 11.6 Å². The third-order valence-electron chi connectivity index (χ3n) is 3.75. The first kappa shape index (κ1) is 16.1. The minimum atomic E-state index is -0.484. The van der Waals surface area contributed by atoms with Gasteiger partial charge in [-0.2, -0.15) is 0 Å². The first-order valence-corrected chi connectivity index (χ1v) is 7.62. The first-order chi connectivity index (χ1) is 11.5. The van der Waals surface area contributed by atoms with Gasteiger partial charge in [-0.05, 0) is 30.3 Å². The van der Waals surface area contributed by atoms with Crippen LogP contribution in [0.1, 0.15) is 10.4 Å². The second kappa shape index (κ2) is 6.37. The van der Waals surface area contributed by atoms with Gasteiger partial charge in [-0.3, -0.25) is 9.59 Å². The van der Waals surface area contributed by atoms with Crippen molar-refractivity contribution in [2.45, 2.75) is 0 Å². The van der Waals surface area contributed by atoms with Crippen LogP contribution in [0, 0.1) is 0 Å². The highest BCUT2D eigenvalue weighted by atomic mass is 35.5. The van der Waals surface area contributed by atoms with Crippen molar-refractivity contribution in [3.05, 3.63) is 69.5 Å². The van der Waals surface area contributed by atoms with Crippen molar-refractivity contribution in [2.75, 3.05) is 12.4 Å². The van der Waals surface area contributed by atoms with E-state index in [1.54, 1.807) is 41.9 Å². The number of hydrogen-bond donors (Lipinski definition) is 1. The van der Waals surface area contributed by atoms with Crippen LogP contribution in [0.25, 0.3) is 10.9 Å². The number of pyridine rings is 1. The third kappa shape index (κ3) is 2.86. The Labute approximate surface area is 143 Å². The summed E-state index contributed by atoms with van der Waals surface area (Å²) in [5.41, 5.74) is 1.02. The van der Waals surface area contributed by atoms with E-state index in [-0.39, 0.29) is 11.0 Å². The Hall–Kier alpha value is -2.79. The van der Waals surface area contributed by atoms with Crippen molar-refractivity contribution in [2.24, 2.45) is 7.05 Å². The molecule has 0 unspecified atom stereocenters. The number of ether oxygens (including phenoxy) is 1. The van der Waals surface area contributed by atoms with Crippen molar-refractivity contribution >= 4 is 34.1 Å². The Morgan fingerprint density at radius 2 is 1.96 bits per heavy atom. The van der Waals surface area contributed by atoms with Crippen LogP contribution in [0.5, 0.6) is 5.75 Å². The van der Waals surface area contributed by atoms with Gasteiger partial charge in [-0.15, -0.1) is 0 Å². The van der Waals surface area contributed by atoms with Gasteiger partial charge in [0.05, 0.1) is 17.6 Å². The number of aryl methyl sites for hydroxylation is 1. The van der Waals surface area contributed by atoms with E-state index in [0.717, 1.165) is 5.52 Å². The van der Waals surface area contributed by atoms with Crippen LogP contribution in [0.15, 0.2) is 53.5 Å². The molecule has 1 heterocycles. The van der Waals surface area contributed by atoms with Crippen LogP contribution in [0.4, 0.5) is 5.69 Å². The highest BCUT2D eigenvalue weighted by Gasteiger charge is 2.15. The normalized spacial score (nSPS) is 10.6. The van der Waals surface area contributed by atoms with Gasteiger partial charge in [0.25, 0.3) is 5.91 Å². The maximum absolute atomic E-state index is 12.6. The number of methoxy groups -OCH3 is 1. The fourth-order valence-electron chi connectivity index (χ4n) is 2.54. The monoisotopic (exact) mass is 342 g/mol. The fraction of sp³-hybridized carbons (Fsp3) is 0.111. The third-order valence-corrected chi connectivity index (χ3v) is 4.05. The van der Waals surface area contributed by atoms with Crippen LogP contribution in [0.3, 0.4) is 0 Å². The molecule has 3 rings (SSSR count). The summed E-state index contributed by atoms with van der Waals surface area (Å²) in [6.07, 6.45) is 1.53. The summed E-state index contributed by atoms with van der Waals surface area (Å²) in [6, 6.07) is 12.0. The molecule has 0 fully saturated rings. The molecule has 122 valence electrons. The van der Waals surface area contributed by atoms with E-state index in [4.69, 9.17) is 16.3 Å². The van der Waals surface area contributed by atoms with Gasteiger partial charge in [-0.1, -0.05) is 23.7 Å². The first-order valence-electron chi connectivity index (χ1n) is 7.24. The van der Waals surface area contributed by atoms with Gasteiger partial charge >= 0.3 is 0 Å². The lowest BCUT2D eigenvalue weighted by molar-refractivity contribution is 0.102. The highest BCUT2D eigenvalue weighted by molar-refractivity contribution is 6.32. The molecule has 0 saturated heterocycles. The fourth-order valence-corrected chi connectivity index (χ4v) is 2.80. The molecule has 3 aromatic rings. The predicted octanol–water partition coefficient (Wildman–Crippen LogP) is 3.45. The molecule has 0 aliphatic carbocycles. The second-order valence-electron chi connectivity index (χ2n) is 5.30. The molecule has 6 heteroatoms. The molecule has 1 aromatic heterocycles. The quantitative estimate of drug-likeness (QED) is 0.793. The van der Waals surface area contributed by atoms with Crippen LogP contribution in [-0.4, -0.2) is 17.6 Å². The summed E-state index contributed by atoms with van der Waals surface area (Å²) < 4.78 is 6.83. The lowest BCUT2D eigenvalue weighted by Gasteiger charge is -2.10. The van der Waals surface area contributed by atoms with E-state index in [9.17, 15) is 9.59 Å². The smallest absolute Gasteiger partial charge is 0.261 e. The predicted molar refractivity (Wildman–Crippen MR) is 95.1 cm³/mol. The van der Waals surface area contributed by atoms with Gasteiger partial charge in [-0.25, -0.2) is 0 Å². The number of aromatic nitrogens is 1. The van der Waals surface area contributed by atoms with Crippen molar-refractivity contribution in [3.8, 4) is 5.75 Å². The van der Waals surface area contributed by atoms with Crippen molar-refractivity contribution < 1.29 is 9.53 Å². The number of para-hydroxylation sites is 1. The average Bonchev–Trinajstić information content (AvgIpc) is 2.58. The van der Waals surface area contributed by atoms with Crippen molar-refractivity contribution in [1.82, 2.24) is 4.57 Å². The summed E-state index contributed by atoms with van der Waals surface area (Å²) in [4.78, 5) is 25.1. The Balaban J connectivity index is 1.99. The average molecular weight is 343 g/mol. The number of rotatable bonds is 3. The number of benzene rings is 2. The van der Waals surface area contributed by atoms with E-state index >= 15 is 0 Å². The van der Waals surface area contributed by atoms with E-state index in [1.807, 2.05) is 12.1 Å². The number of carbonyl (C=O) groups excluding carboxylic acids is 1. The molecule has 0 radical (unpaired) electrons. The zero-order valence-electron chi connectivity index (χ0n) is 13.2. The maximum atomic E-state index is 12.6. The molecule has 0 aliphatic heterocycles. The van der Waals surface area contributed by atoms with Gasteiger partial charge in [0, 0.05) is 24.3 Å². The van der Waals surface area contributed by atoms with Crippen LogP contribution in [-0.2, 0) is 7.05 Å². The Morgan fingerprint density at radius 3 is 2.67 bits per heavy atom. The molecule has 0 aliphatic rings. The molecular weight excluding hydrogens is 328 g/mol. The SMILES string of the molecule is COc1ccc(NC(=O)c2cn(C)c3ccccc3c2=O)cc1Cl. The lowest BCUT2D eigenvalue weighted by Crippen LogP contribution is -2.23. The largest absolute Gasteiger partial charge is 0.495 e. The zero-order valence-corrected chi connectivity index (χ0v) is 13.9. The summed E-state index contributed by atoms with van der Waals surface area (Å²) in [7, 11) is 3.31. The number of nitrogens with one attached hydrogen (secondary N) is 1. The topological polar surface area (TPSA) is 60.3 Å². The van der Waals surface area contributed by atoms with Crippen molar-refractivity contribution in [1.29, 1.82) is 0 Å². The second-order valence-corrected chi connectivity index (χ2v) is 5.71. The van der Waals surface area contributed by atoms with Gasteiger partial charge < -0.3 is 14.6 Å². The van der Waals surface area contributed by atoms with E-state index in [2.05, 4.69) is 5.32 Å². The molecule has 2 aromatic carbocycles. The molecule has 1 N–H and O–H groups in total. The Bertz CT molecular complexity index is 995. The molecule has 24 heavy (non-hydrogen) atoms. The van der Waals surface area contributed by atoms with Gasteiger partial charge in [0.2, 0.25) is 5.43 Å². The highest BCUT2D eigenvalue weighted by Crippen LogP contribution is 2.27. The Morgan fingerprint density at radius 1 is 1.21 bits per heavy atom. The minimum absolute atomic E-state index is 0.0724. The van der Waals surface area contributed by atoms with E-state index in [1.165, 1.54) is 13.3 Å². The number of anilines is 1. The maximum Gasteiger partial charge on any atom is 0.261 e. The lowest BCUT2D eigenvalue weighted by atomic mass is 10.1. The molecule has 1 amide bonds. The van der Waals surface area contributed by atoms with Crippen LogP contribution in [0.2, 0.25) is 5.02 Å². The molecule has 0 saturated carbocycles. The van der Waals surface area contributed by atoms with E-state index < -0.39 is 5.91 Å². The Kier molecular flexibility index (Phi) is 4.27. The minimum Gasteiger partial charge on any atom is -0.495 e. The zero-order chi connectivity index (χ0) is 17.3. The number of nitrogens with zero attached hydrogens (tertiary/aromatic N) is 1. The van der Waals surface area contributed by atoms with E-state index in [0.29, 0.717) is 21.8 Å². The van der Waals surface area contributed by atoms with Crippen molar-refractivity contribution in [3.63, 3.8) is 0 Å². The molecule has 0 spiro atoms. The standard InChI is InChI=1S/C18H15ClN2O3/c1-21-10-13(17(22)12-5-3-4-6-15(12)21)18(23)20-11-7-8-16(24-2)14(19)9-11/h3-10H,1-2H3,(H,20,23). The number of halogens is 1. The summed E-state index contributed by atoms with van der Waals surface area (Å²) in [6.45, 7) is 0. The number of amides is 1. The number of hydrogen-bond acceptors (Lipinski definition) is 3. The molecule has 5 nitrogen and oxygen atoms in total. The summed E-state index contributed by atoms with van der Waals surface area (Å²) >= 11 is 6.05. The van der Waals surface area contributed by atoms with Gasteiger partial charge in [0.15, 0.2) is 0 Å². The molecule has 0 atom stereocenters. The summed E-state index contributed by atoms with van der Waals surface area (Å²) in [5, 5.41) is 3.57. The number of fused-ring (bicyclic) bond motifs is 1. The molecule has 0 bridgehead atoms. The van der Waals surface area contributed by atoms with Gasteiger partial charge in [0.1, 0.15) is 11.3 Å². The summed E-state index contributed by atoms with van der Waals surface area (Å²) in [5.74, 6) is 0.0267. The van der Waals surface area contributed by atoms with Crippen LogP contribution < -0.4 is 15.5 Å². The molecular formula is C18H15ClN2O3.